The van der Waals surface area contributed by atoms with E-state index >= 15 is 0 Å². The first-order valence-corrected chi connectivity index (χ1v) is 8.77. The minimum Gasteiger partial charge on any atom is -0.508 e. The second-order valence-electron chi connectivity index (χ2n) is 5.38. The van der Waals surface area contributed by atoms with Crippen LogP contribution in [0.4, 0.5) is 0 Å². The highest BCUT2D eigenvalue weighted by Crippen LogP contribution is 2.29. The minimum absolute atomic E-state index is 0.0376. The second kappa shape index (κ2) is 5.81. The molecule has 0 fully saturated rings. The van der Waals surface area contributed by atoms with Crippen LogP contribution in [-0.4, -0.2) is 23.7 Å². The summed E-state index contributed by atoms with van der Waals surface area (Å²) in [5, 5.41) is 17.6. The Kier molecular flexibility index (Phi) is 3.58. The number of fused-ring (bicyclic) bond motifs is 3. The average Bonchev–Trinajstić information content (AvgIpc) is 2.62. The van der Waals surface area contributed by atoms with Crippen LogP contribution in [0.5, 0.6) is 11.5 Å². The van der Waals surface area contributed by atoms with Gasteiger partial charge in [-0.1, -0.05) is 0 Å². The first-order chi connectivity index (χ1) is 12.4. The summed E-state index contributed by atoms with van der Waals surface area (Å²) in [6, 6.07) is 11.3. The van der Waals surface area contributed by atoms with Crippen molar-refractivity contribution in [2.24, 2.45) is 0 Å². The van der Waals surface area contributed by atoms with Gasteiger partial charge in [-0.25, -0.2) is 4.79 Å². The highest BCUT2D eigenvalue weighted by molar-refractivity contribution is 7.87. The van der Waals surface area contributed by atoms with Gasteiger partial charge in [0.05, 0.1) is 5.39 Å². The molecule has 9 heteroatoms. The van der Waals surface area contributed by atoms with Gasteiger partial charge in [0, 0.05) is 23.0 Å². The first kappa shape index (κ1) is 16.0. The third kappa shape index (κ3) is 2.74. The number of hydrogen-bond donors (Lipinski definition) is 1. The molecular weight excluding hydrogens is 360 g/mol. The van der Waals surface area contributed by atoms with Gasteiger partial charge in [-0.3, -0.25) is 0 Å². The Labute approximate surface area is 146 Å². The monoisotopic (exact) mass is 370 g/mol. The smallest absolute Gasteiger partial charge is 0.358 e. The maximum Gasteiger partial charge on any atom is 0.358 e. The summed E-state index contributed by atoms with van der Waals surface area (Å²) in [6.45, 7) is 0. The van der Waals surface area contributed by atoms with Gasteiger partial charge in [0.15, 0.2) is 0 Å². The van der Waals surface area contributed by atoms with Crippen LogP contribution < -0.4 is 9.81 Å². The van der Waals surface area contributed by atoms with E-state index in [9.17, 15) is 18.3 Å². The zero-order chi connectivity index (χ0) is 18.3. The van der Waals surface area contributed by atoms with E-state index < -0.39 is 15.7 Å². The number of aromatic nitrogens is 2. The molecule has 2 aromatic carbocycles. The fourth-order valence-electron chi connectivity index (χ4n) is 2.54. The molecule has 4 aromatic rings. The Morgan fingerprint density at radius 3 is 2.58 bits per heavy atom. The Hall–Kier alpha value is -3.46. The van der Waals surface area contributed by atoms with Crippen molar-refractivity contribution in [3.05, 3.63) is 65.1 Å². The number of aromatic hydroxyl groups is 1. The van der Waals surface area contributed by atoms with Crippen molar-refractivity contribution in [3.63, 3.8) is 0 Å². The van der Waals surface area contributed by atoms with Crippen molar-refractivity contribution >= 4 is 31.9 Å². The molecule has 0 aliphatic heterocycles. The molecule has 4 rings (SSSR count). The van der Waals surface area contributed by atoms with Gasteiger partial charge in [-0.05, 0) is 42.5 Å². The summed E-state index contributed by atoms with van der Waals surface area (Å²) in [5.74, 6) is -0.0939. The van der Waals surface area contributed by atoms with Crippen molar-refractivity contribution in [3.8, 4) is 11.5 Å². The fourth-order valence-corrected chi connectivity index (χ4v) is 3.38. The van der Waals surface area contributed by atoms with Gasteiger partial charge in [0.2, 0.25) is 5.03 Å². The van der Waals surface area contributed by atoms with Crippen molar-refractivity contribution in [2.45, 2.75) is 5.03 Å². The predicted octanol–water partition coefficient (Wildman–Crippen LogP) is 2.21. The topological polar surface area (TPSA) is 120 Å². The molecular formula is C17H10N2O6S. The number of benzene rings is 2. The van der Waals surface area contributed by atoms with Crippen molar-refractivity contribution in [1.82, 2.24) is 10.2 Å². The molecule has 26 heavy (non-hydrogen) atoms. The summed E-state index contributed by atoms with van der Waals surface area (Å²) in [7, 11) is -4.17. The lowest BCUT2D eigenvalue weighted by atomic mass is 10.1. The molecule has 0 atom stereocenters. The van der Waals surface area contributed by atoms with Gasteiger partial charge < -0.3 is 13.7 Å². The molecule has 8 nitrogen and oxygen atoms in total. The average molecular weight is 370 g/mol. The molecule has 2 aromatic heterocycles. The minimum atomic E-state index is -4.17. The maximum atomic E-state index is 12.2. The fraction of sp³-hybridized carbons (Fsp3) is 0. The number of phenolic OH excluding ortho intramolecular Hbond substituents is 1. The van der Waals surface area contributed by atoms with Crippen LogP contribution in [0.1, 0.15) is 0 Å². The van der Waals surface area contributed by atoms with E-state index in [2.05, 4.69) is 10.2 Å². The summed E-state index contributed by atoms with van der Waals surface area (Å²) in [5.41, 5.74) is -0.502. The highest BCUT2D eigenvalue weighted by Gasteiger charge is 2.19. The van der Waals surface area contributed by atoms with E-state index in [0.29, 0.717) is 10.8 Å². The van der Waals surface area contributed by atoms with Crippen LogP contribution >= 0.6 is 0 Å². The highest BCUT2D eigenvalue weighted by atomic mass is 32.2. The van der Waals surface area contributed by atoms with E-state index in [4.69, 9.17) is 8.60 Å². The molecule has 130 valence electrons. The number of nitrogens with zero attached hydrogens (tertiary/aromatic N) is 2. The molecule has 0 aliphatic rings. The zero-order valence-corrected chi connectivity index (χ0v) is 13.8. The SMILES string of the molecule is O=c1oc2cc(OS(=O)(=O)c3cccnn3)ccc2c2ccc(O)cc12. The van der Waals surface area contributed by atoms with Crippen LogP contribution in [0.3, 0.4) is 0 Å². The van der Waals surface area contributed by atoms with E-state index in [-0.39, 0.29) is 27.5 Å². The molecule has 0 unspecified atom stereocenters. The molecule has 2 heterocycles. The summed E-state index contributed by atoms with van der Waals surface area (Å²) < 4.78 is 34.7. The lowest BCUT2D eigenvalue weighted by Gasteiger charge is -2.07. The zero-order valence-electron chi connectivity index (χ0n) is 13.0. The first-order valence-electron chi connectivity index (χ1n) is 7.36. The van der Waals surface area contributed by atoms with Gasteiger partial charge in [-0.2, -0.15) is 13.5 Å². The molecule has 0 amide bonds. The van der Waals surface area contributed by atoms with Crippen molar-refractivity contribution in [1.29, 1.82) is 0 Å². The summed E-state index contributed by atoms with van der Waals surface area (Å²) >= 11 is 0. The number of phenols is 1. The van der Waals surface area contributed by atoms with Gasteiger partial charge >= 0.3 is 15.7 Å². The molecule has 0 bridgehead atoms. The molecule has 0 radical (unpaired) electrons. The van der Waals surface area contributed by atoms with Crippen LogP contribution in [0.25, 0.3) is 21.7 Å². The van der Waals surface area contributed by atoms with E-state index in [0.717, 1.165) is 0 Å². The van der Waals surface area contributed by atoms with E-state index in [1.807, 2.05) is 0 Å². The van der Waals surface area contributed by atoms with E-state index in [1.165, 1.54) is 42.6 Å². The van der Waals surface area contributed by atoms with Crippen molar-refractivity contribution < 1.29 is 22.1 Å². The Morgan fingerprint density at radius 1 is 1.00 bits per heavy atom. The van der Waals surface area contributed by atoms with E-state index in [1.54, 1.807) is 12.1 Å². The molecule has 0 aliphatic carbocycles. The molecule has 1 N–H and O–H groups in total. The van der Waals surface area contributed by atoms with Gasteiger partial charge in [0.1, 0.15) is 17.1 Å². The quantitative estimate of drug-likeness (QED) is 0.331. The maximum absolute atomic E-state index is 12.2. The molecule has 0 saturated heterocycles. The Balaban J connectivity index is 1.83. The standard InChI is InChI=1S/C17H10N2O6S/c20-10-3-5-12-13-6-4-11(9-15(13)24-17(21)14(12)8-10)25-26(22,23)16-2-1-7-18-19-16/h1-9,20H. The third-order valence-electron chi connectivity index (χ3n) is 3.68. The largest absolute Gasteiger partial charge is 0.508 e. The number of hydrogen-bond acceptors (Lipinski definition) is 8. The van der Waals surface area contributed by atoms with Gasteiger partial charge in [0.25, 0.3) is 0 Å². The lowest BCUT2D eigenvalue weighted by Crippen LogP contribution is -2.12. The Morgan fingerprint density at radius 2 is 1.81 bits per heavy atom. The van der Waals surface area contributed by atoms with Crippen LogP contribution in [0.2, 0.25) is 0 Å². The molecule has 0 spiro atoms. The van der Waals surface area contributed by atoms with Crippen molar-refractivity contribution in [2.75, 3.05) is 0 Å². The normalized spacial score (nSPS) is 11.7. The summed E-state index contributed by atoms with van der Waals surface area (Å²) in [6.07, 6.45) is 1.34. The van der Waals surface area contributed by atoms with Crippen LogP contribution in [-0.2, 0) is 10.1 Å². The second-order valence-corrected chi connectivity index (χ2v) is 6.87. The summed E-state index contributed by atoms with van der Waals surface area (Å²) in [4.78, 5) is 12.1. The predicted molar refractivity (Wildman–Crippen MR) is 91.5 cm³/mol. The van der Waals surface area contributed by atoms with Crippen LogP contribution in [0, 0.1) is 0 Å². The van der Waals surface area contributed by atoms with Crippen LogP contribution in [0.15, 0.2) is 69.0 Å². The third-order valence-corrected chi connectivity index (χ3v) is 4.82. The van der Waals surface area contributed by atoms with Gasteiger partial charge in [-0.15, -0.1) is 5.10 Å². The lowest BCUT2D eigenvalue weighted by molar-refractivity contribution is 0.475. The number of rotatable bonds is 3. The Bertz CT molecular complexity index is 1300. The molecule has 0 saturated carbocycles.